The average Bonchev–Trinajstić information content (AvgIpc) is 3.46. The minimum atomic E-state index is -0.407. The monoisotopic (exact) mass is 574 g/mol. The molecule has 4 heterocycles. The van der Waals surface area contributed by atoms with Crippen molar-refractivity contribution in [3.63, 3.8) is 0 Å². The fraction of sp³-hybridized carbons (Fsp3) is 0.242. The van der Waals surface area contributed by atoms with Crippen molar-refractivity contribution in [2.24, 2.45) is 0 Å². The maximum atomic E-state index is 14.0. The molecule has 43 heavy (non-hydrogen) atoms. The van der Waals surface area contributed by atoms with Gasteiger partial charge in [0.1, 0.15) is 22.8 Å². The second-order valence-electron chi connectivity index (χ2n) is 10.6. The van der Waals surface area contributed by atoms with E-state index in [4.69, 9.17) is 4.74 Å². The Kier molecular flexibility index (Phi) is 7.38. The number of aromatic nitrogens is 3. The molecule has 0 unspecified atom stereocenters. The second kappa shape index (κ2) is 11.4. The molecule has 1 saturated heterocycles. The van der Waals surface area contributed by atoms with Gasteiger partial charge in [-0.3, -0.25) is 19.0 Å². The van der Waals surface area contributed by atoms with Crippen molar-refractivity contribution in [2.75, 3.05) is 32.1 Å². The maximum Gasteiger partial charge on any atom is 0.274 e. The number of nitriles is 1. The van der Waals surface area contributed by atoms with Gasteiger partial charge in [0.15, 0.2) is 11.5 Å². The normalized spacial score (nSPS) is 13.7. The zero-order chi connectivity index (χ0) is 30.1. The van der Waals surface area contributed by atoms with E-state index in [0.29, 0.717) is 40.8 Å². The van der Waals surface area contributed by atoms with E-state index in [0.717, 1.165) is 18.5 Å². The summed E-state index contributed by atoms with van der Waals surface area (Å²) in [6.07, 6.45) is 3.09. The number of hydrogen-bond donors (Lipinski definition) is 1. The minimum Gasteiger partial charge on any atom is -0.493 e. The highest BCUT2D eigenvalue weighted by Crippen LogP contribution is 2.34. The summed E-state index contributed by atoms with van der Waals surface area (Å²) in [4.78, 5) is 52.2. The Morgan fingerprint density at radius 2 is 1.81 bits per heavy atom. The highest BCUT2D eigenvalue weighted by Gasteiger charge is 2.31. The van der Waals surface area contributed by atoms with Gasteiger partial charge in [-0.05, 0) is 31.0 Å². The third kappa shape index (κ3) is 4.99. The molecule has 5 aromatic rings. The van der Waals surface area contributed by atoms with Crippen LogP contribution in [-0.4, -0.2) is 64.4 Å². The van der Waals surface area contributed by atoms with Crippen molar-refractivity contribution in [2.45, 2.75) is 25.4 Å². The molecule has 0 radical (unpaired) electrons. The number of para-hydroxylation sites is 1. The Morgan fingerprint density at radius 1 is 1.09 bits per heavy atom. The maximum absolute atomic E-state index is 14.0. The third-order valence-corrected chi connectivity index (χ3v) is 8.25. The van der Waals surface area contributed by atoms with Gasteiger partial charge in [-0.1, -0.05) is 48.5 Å². The molecule has 0 saturated carbocycles. The molecule has 1 aliphatic heterocycles. The predicted molar refractivity (Wildman–Crippen MR) is 164 cm³/mol. The lowest BCUT2D eigenvalue weighted by atomic mass is 10.0. The van der Waals surface area contributed by atoms with Gasteiger partial charge >= 0.3 is 0 Å². The fourth-order valence-corrected chi connectivity index (χ4v) is 5.96. The third-order valence-electron chi connectivity index (χ3n) is 8.25. The number of fused-ring (bicyclic) bond motifs is 3. The molecule has 10 heteroatoms. The number of carbonyl (C=O) groups is 2. The van der Waals surface area contributed by atoms with E-state index in [-0.39, 0.29) is 41.1 Å². The number of nitrogens with one attached hydrogen (secondary N) is 1. The van der Waals surface area contributed by atoms with Gasteiger partial charge < -0.3 is 19.5 Å². The Labute approximate surface area is 247 Å². The van der Waals surface area contributed by atoms with E-state index in [1.165, 1.54) is 11.7 Å². The first-order chi connectivity index (χ1) is 20.9. The molecule has 216 valence electrons. The first-order valence-electron chi connectivity index (χ1n) is 14.1. The van der Waals surface area contributed by atoms with Gasteiger partial charge in [-0.25, -0.2) is 4.98 Å². The van der Waals surface area contributed by atoms with Crippen LogP contribution in [0, 0.1) is 11.3 Å². The number of benzene rings is 2. The number of hydrogen-bond acceptors (Lipinski definition) is 7. The summed E-state index contributed by atoms with van der Waals surface area (Å²) in [7, 11) is 3.21. The molecule has 1 aliphatic rings. The molecule has 3 aromatic heterocycles. The SMILES string of the molecule is COc1c(C(=O)N(C)C2CCN(c3ccnc(C#N)c3)CC2)[nH]c2c1c(=O)n(CC(=O)c1ccccc1)c1ccccc21. The van der Waals surface area contributed by atoms with Crippen molar-refractivity contribution < 1.29 is 14.3 Å². The Bertz CT molecular complexity index is 1950. The number of ether oxygens (including phenoxy) is 1. The highest BCUT2D eigenvalue weighted by molar-refractivity contribution is 6.11. The smallest absolute Gasteiger partial charge is 0.274 e. The summed E-state index contributed by atoms with van der Waals surface area (Å²) in [5.41, 5.74) is 2.69. The first-order valence-corrected chi connectivity index (χ1v) is 14.1. The van der Waals surface area contributed by atoms with Crippen molar-refractivity contribution >= 4 is 39.2 Å². The summed E-state index contributed by atoms with van der Waals surface area (Å²) in [5.74, 6) is -0.306. The number of piperidine rings is 1. The Hall–Kier alpha value is -5.43. The predicted octanol–water partition coefficient (Wildman–Crippen LogP) is 4.38. The molecule has 1 amide bonds. The van der Waals surface area contributed by atoms with Crippen LogP contribution in [0.3, 0.4) is 0 Å². The summed E-state index contributed by atoms with van der Waals surface area (Å²) in [6.45, 7) is 1.28. The molecule has 0 atom stereocenters. The standard InChI is InChI=1S/C33H30N6O4/c1-37(23-13-16-38(17-14-23)24-12-15-35-22(18-24)19-34)33(42)30-31(43-2)28-29(36-30)25-10-6-7-11-26(25)39(32(28)41)20-27(40)21-8-4-3-5-9-21/h3-12,15,18,23,36H,13-14,16-17,20H2,1-2H3. The molecule has 1 fully saturated rings. The number of H-pyrrole nitrogens is 1. The Morgan fingerprint density at radius 3 is 2.53 bits per heavy atom. The van der Waals surface area contributed by atoms with E-state index < -0.39 is 5.56 Å². The summed E-state index contributed by atoms with van der Waals surface area (Å²) >= 11 is 0. The fourth-order valence-electron chi connectivity index (χ4n) is 5.96. The summed E-state index contributed by atoms with van der Waals surface area (Å²) in [6, 6.07) is 21.9. The van der Waals surface area contributed by atoms with E-state index in [2.05, 4.69) is 20.9 Å². The molecule has 2 aromatic carbocycles. The number of anilines is 1. The van der Waals surface area contributed by atoms with Gasteiger partial charge in [0.2, 0.25) is 0 Å². The topological polar surface area (TPSA) is 124 Å². The molecule has 6 rings (SSSR count). The molecule has 1 N–H and O–H groups in total. The number of nitrogens with zero attached hydrogens (tertiary/aromatic N) is 5. The number of amides is 1. The van der Waals surface area contributed by atoms with E-state index in [1.807, 2.05) is 30.3 Å². The largest absolute Gasteiger partial charge is 0.493 e. The average molecular weight is 575 g/mol. The summed E-state index contributed by atoms with van der Waals surface area (Å²) < 4.78 is 7.16. The van der Waals surface area contributed by atoms with Crippen LogP contribution in [-0.2, 0) is 6.54 Å². The number of Topliss-reactive ketones (excluding diaryl/α,β-unsaturated/α-hetero) is 1. The van der Waals surface area contributed by atoms with Crippen LogP contribution in [0.15, 0.2) is 77.7 Å². The van der Waals surface area contributed by atoms with Crippen LogP contribution in [0.5, 0.6) is 5.75 Å². The van der Waals surface area contributed by atoms with Crippen LogP contribution >= 0.6 is 0 Å². The van der Waals surface area contributed by atoms with Gasteiger partial charge in [0.05, 0.1) is 24.7 Å². The van der Waals surface area contributed by atoms with Gasteiger partial charge in [-0.2, -0.15) is 5.26 Å². The van der Waals surface area contributed by atoms with Gasteiger partial charge in [0.25, 0.3) is 11.5 Å². The van der Waals surface area contributed by atoms with Crippen LogP contribution in [0.1, 0.15) is 39.4 Å². The molecule has 0 bridgehead atoms. The molecule has 10 nitrogen and oxygen atoms in total. The number of carbonyl (C=O) groups excluding carboxylic acids is 2. The summed E-state index contributed by atoms with van der Waals surface area (Å²) in [5, 5.41) is 10.1. The van der Waals surface area contributed by atoms with Gasteiger partial charge in [-0.15, -0.1) is 0 Å². The van der Waals surface area contributed by atoms with Gasteiger partial charge in [0, 0.05) is 49.0 Å². The van der Waals surface area contributed by atoms with Crippen molar-refractivity contribution in [1.29, 1.82) is 5.26 Å². The number of aromatic amines is 1. The minimum absolute atomic E-state index is 0.0333. The van der Waals surface area contributed by atoms with Crippen molar-refractivity contribution in [1.82, 2.24) is 19.4 Å². The lowest BCUT2D eigenvalue weighted by Crippen LogP contribution is -2.45. The van der Waals surface area contributed by atoms with E-state index in [9.17, 15) is 19.6 Å². The lowest BCUT2D eigenvalue weighted by molar-refractivity contribution is 0.0700. The number of methoxy groups -OCH3 is 1. The second-order valence-corrected chi connectivity index (χ2v) is 10.6. The van der Waals surface area contributed by atoms with E-state index in [1.54, 1.807) is 54.5 Å². The number of pyridine rings is 2. The Balaban J connectivity index is 1.32. The first kappa shape index (κ1) is 27.7. The van der Waals surface area contributed by atoms with E-state index >= 15 is 0 Å². The quantitative estimate of drug-likeness (QED) is 0.286. The van der Waals surface area contributed by atoms with Crippen LogP contribution in [0.4, 0.5) is 5.69 Å². The lowest BCUT2D eigenvalue weighted by Gasteiger charge is -2.37. The van der Waals surface area contributed by atoms with Crippen LogP contribution in [0.25, 0.3) is 21.8 Å². The zero-order valence-corrected chi connectivity index (χ0v) is 23.9. The van der Waals surface area contributed by atoms with Crippen molar-refractivity contribution in [3.05, 3.63) is 100 Å². The van der Waals surface area contributed by atoms with Crippen LogP contribution < -0.4 is 15.2 Å². The van der Waals surface area contributed by atoms with Crippen molar-refractivity contribution in [3.8, 4) is 11.8 Å². The number of ketones is 1. The highest BCUT2D eigenvalue weighted by atomic mass is 16.5. The molecular weight excluding hydrogens is 544 g/mol. The zero-order valence-electron chi connectivity index (χ0n) is 23.9. The van der Waals surface area contributed by atoms with Crippen LogP contribution in [0.2, 0.25) is 0 Å². The molecule has 0 spiro atoms. The number of rotatable bonds is 7. The molecular formula is C33H30N6O4. The molecule has 0 aliphatic carbocycles.